The van der Waals surface area contributed by atoms with Crippen LogP contribution in [0.1, 0.15) is 24.6 Å². The zero-order chi connectivity index (χ0) is 17.9. The van der Waals surface area contributed by atoms with Gasteiger partial charge in [-0.3, -0.25) is 0 Å². The van der Waals surface area contributed by atoms with E-state index in [2.05, 4.69) is 54.4 Å². The lowest BCUT2D eigenvalue weighted by atomic mass is 9.88. The molecular weight excluding hydrogens is 316 g/mol. The Morgan fingerprint density at radius 3 is 2.31 bits per heavy atom. The molecule has 0 fully saturated rings. The van der Waals surface area contributed by atoms with Crippen molar-refractivity contribution >= 4 is 5.57 Å². The van der Waals surface area contributed by atoms with Gasteiger partial charge in [-0.15, -0.1) is 0 Å². The molecule has 1 aromatic heterocycles. The van der Waals surface area contributed by atoms with Crippen LogP contribution < -0.4 is 0 Å². The topological polar surface area (TPSA) is 25.8 Å². The third-order valence-corrected chi connectivity index (χ3v) is 4.83. The molecule has 1 aliphatic rings. The van der Waals surface area contributed by atoms with Crippen molar-refractivity contribution in [2.24, 2.45) is 5.92 Å². The number of allylic oxidation sites excluding steroid dienone is 4. The Hall–Kier alpha value is -3.00. The highest BCUT2D eigenvalue weighted by molar-refractivity contribution is 5.73. The molecule has 0 N–H and O–H groups in total. The molecule has 0 aliphatic heterocycles. The molecule has 0 bridgehead atoms. The molecule has 1 unspecified atom stereocenters. The maximum absolute atomic E-state index is 4.79. The highest BCUT2D eigenvalue weighted by atomic mass is 14.9. The second kappa shape index (κ2) is 7.09. The van der Waals surface area contributed by atoms with Crippen molar-refractivity contribution in [3.63, 3.8) is 0 Å². The van der Waals surface area contributed by atoms with Crippen LogP contribution in [0, 0.1) is 12.8 Å². The zero-order valence-electron chi connectivity index (χ0n) is 15.2. The van der Waals surface area contributed by atoms with Gasteiger partial charge < -0.3 is 0 Å². The van der Waals surface area contributed by atoms with Crippen LogP contribution in [-0.2, 0) is 0 Å². The summed E-state index contributed by atoms with van der Waals surface area (Å²) >= 11 is 0. The van der Waals surface area contributed by atoms with E-state index in [1.54, 1.807) is 0 Å². The Balaban J connectivity index is 1.69. The van der Waals surface area contributed by atoms with E-state index >= 15 is 0 Å². The molecule has 0 spiro atoms. The minimum Gasteiger partial charge on any atom is -0.233 e. The van der Waals surface area contributed by atoms with Crippen LogP contribution in [0.25, 0.3) is 28.2 Å². The monoisotopic (exact) mass is 338 g/mol. The summed E-state index contributed by atoms with van der Waals surface area (Å²) in [5, 5.41) is 0. The summed E-state index contributed by atoms with van der Waals surface area (Å²) in [5.41, 5.74) is 6.81. The van der Waals surface area contributed by atoms with Gasteiger partial charge in [-0.1, -0.05) is 79.7 Å². The first-order valence-electron chi connectivity index (χ1n) is 9.09. The molecular formula is C24H22N2. The van der Waals surface area contributed by atoms with E-state index in [1.165, 1.54) is 11.1 Å². The van der Waals surface area contributed by atoms with Crippen LogP contribution in [0.2, 0.25) is 0 Å². The highest BCUT2D eigenvalue weighted by Gasteiger charge is 2.12. The van der Waals surface area contributed by atoms with Gasteiger partial charge in [0.05, 0.1) is 5.69 Å². The summed E-state index contributed by atoms with van der Waals surface area (Å²) in [7, 11) is 0. The molecule has 128 valence electrons. The quantitative estimate of drug-likeness (QED) is 0.577. The molecule has 1 atom stereocenters. The average molecular weight is 338 g/mol. The highest BCUT2D eigenvalue weighted by Crippen LogP contribution is 2.31. The molecule has 0 saturated heterocycles. The third kappa shape index (κ3) is 3.36. The SMILES string of the molecule is Cc1cc(-c2ccc(C3=CC=CCC3C)cc2)nc(-c2ccccc2)n1. The standard InChI is InChI=1S/C24H22N2/c1-17-8-6-7-11-22(17)19-12-14-20(15-13-19)23-16-18(2)25-24(26-23)21-9-4-3-5-10-21/h3-7,9-17H,8H2,1-2H3. The smallest absolute Gasteiger partial charge is 0.160 e. The summed E-state index contributed by atoms with van der Waals surface area (Å²) in [5.74, 6) is 1.34. The Morgan fingerprint density at radius 2 is 1.58 bits per heavy atom. The third-order valence-electron chi connectivity index (χ3n) is 4.83. The summed E-state index contributed by atoms with van der Waals surface area (Å²) in [6.45, 7) is 4.30. The van der Waals surface area contributed by atoms with E-state index in [-0.39, 0.29) is 0 Å². The molecule has 0 saturated carbocycles. The fourth-order valence-corrected chi connectivity index (χ4v) is 3.39. The van der Waals surface area contributed by atoms with Gasteiger partial charge in [-0.25, -0.2) is 9.97 Å². The van der Waals surface area contributed by atoms with Crippen LogP contribution in [0.4, 0.5) is 0 Å². The number of hydrogen-bond acceptors (Lipinski definition) is 2. The van der Waals surface area contributed by atoms with Crippen LogP contribution in [0.15, 0.2) is 78.9 Å². The van der Waals surface area contributed by atoms with Crippen LogP contribution in [0.5, 0.6) is 0 Å². The van der Waals surface area contributed by atoms with E-state index in [1.807, 2.05) is 43.3 Å². The fraction of sp³-hybridized carbons (Fsp3) is 0.167. The Kier molecular flexibility index (Phi) is 4.49. The molecule has 0 amide bonds. The largest absolute Gasteiger partial charge is 0.233 e. The molecule has 2 aromatic carbocycles. The van der Waals surface area contributed by atoms with Crippen molar-refractivity contribution in [3.8, 4) is 22.6 Å². The van der Waals surface area contributed by atoms with Crippen LogP contribution in [-0.4, -0.2) is 9.97 Å². The molecule has 1 aliphatic carbocycles. The lowest BCUT2D eigenvalue weighted by Crippen LogP contribution is -2.00. The van der Waals surface area contributed by atoms with Gasteiger partial charge in [0.1, 0.15) is 0 Å². The summed E-state index contributed by atoms with van der Waals surface area (Å²) in [6.07, 6.45) is 7.73. The molecule has 3 aromatic rings. The van der Waals surface area contributed by atoms with Crippen molar-refractivity contribution in [1.82, 2.24) is 9.97 Å². The van der Waals surface area contributed by atoms with Crippen molar-refractivity contribution in [2.45, 2.75) is 20.3 Å². The van der Waals surface area contributed by atoms with Gasteiger partial charge >= 0.3 is 0 Å². The number of aromatic nitrogens is 2. The van der Waals surface area contributed by atoms with Crippen molar-refractivity contribution in [2.75, 3.05) is 0 Å². The first-order chi connectivity index (χ1) is 12.7. The summed E-state index contributed by atoms with van der Waals surface area (Å²) < 4.78 is 0. The fourth-order valence-electron chi connectivity index (χ4n) is 3.39. The second-order valence-corrected chi connectivity index (χ2v) is 6.85. The Bertz CT molecular complexity index is 967. The van der Waals surface area contributed by atoms with Crippen LogP contribution in [0.3, 0.4) is 0 Å². The van der Waals surface area contributed by atoms with Gasteiger partial charge in [0.25, 0.3) is 0 Å². The van der Waals surface area contributed by atoms with E-state index in [0.717, 1.165) is 34.8 Å². The number of benzene rings is 2. The normalized spacial score (nSPS) is 16.4. The maximum Gasteiger partial charge on any atom is 0.160 e. The zero-order valence-corrected chi connectivity index (χ0v) is 15.2. The van der Waals surface area contributed by atoms with Crippen molar-refractivity contribution in [3.05, 3.63) is 90.1 Å². The van der Waals surface area contributed by atoms with Gasteiger partial charge in [0.2, 0.25) is 0 Å². The van der Waals surface area contributed by atoms with Gasteiger partial charge in [-0.2, -0.15) is 0 Å². The molecule has 26 heavy (non-hydrogen) atoms. The molecule has 2 nitrogen and oxygen atoms in total. The summed E-state index contributed by atoms with van der Waals surface area (Å²) in [4.78, 5) is 9.40. The van der Waals surface area contributed by atoms with Gasteiger partial charge in [0.15, 0.2) is 5.82 Å². The lowest BCUT2D eigenvalue weighted by Gasteiger charge is -2.17. The van der Waals surface area contributed by atoms with Gasteiger partial charge in [-0.05, 0) is 36.5 Å². The van der Waals surface area contributed by atoms with Crippen molar-refractivity contribution < 1.29 is 0 Å². The minimum absolute atomic E-state index is 0.567. The van der Waals surface area contributed by atoms with E-state index < -0.39 is 0 Å². The predicted octanol–water partition coefficient (Wildman–Crippen LogP) is 6.10. The predicted molar refractivity (Wildman–Crippen MR) is 109 cm³/mol. The Morgan fingerprint density at radius 1 is 0.846 bits per heavy atom. The maximum atomic E-state index is 4.79. The van der Waals surface area contributed by atoms with E-state index in [0.29, 0.717) is 5.92 Å². The second-order valence-electron chi connectivity index (χ2n) is 6.85. The minimum atomic E-state index is 0.567. The number of aryl methyl sites for hydroxylation is 1. The van der Waals surface area contributed by atoms with E-state index in [4.69, 9.17) is 4.98 Å². The molecule has 2 heteroatoms. The number of nitrogens with zero attached hydrogens (tertiary/aromatic N) is 2. The van der Waals surface area contributed by atoms with Crippen LogP contribution >= 0.6 is 0 Å². The first kappa shape index (κ1) is 16.5. The lowest BCUT2D eigenvalue weighted by molar-refractivity contribution is 0.758. The molecule has 4 rings (SSSR count). The van der Waals surface area contributed by atoms with E-state index in [9.17, 15) is 0 Å². The average Bonchev–Trinajstić information content (AvgIpc) is 2.69. The molecule has 0 radical (unpaired) electrons. The number of rotatable bonds is 3. The first-order valence-corrected chi connectivity index (χ1v) is 9.09. The van der Waals surface area contributed by atoms with Crippen molar-refractivity contribution in [1.29, 1.82) is 0 Å². The summed E-state index contributed by atoms with van der Waals surface area (Å²) in [6, 6.07) is 20.9. The Labute approximate surface area is 155 Å². The molecule has 1 heterocycles. The number of hydrogen-bond donors (Lipinski definition) is 0. The van der Waals surface area contributed by atoms with Gasteiger partial charge in [0, 0.05) is 16.8 Å².